The molecule has 20 heavy (non-hydrogen) atoms. The standard InChI is InChI=1S/C13H18ClN3O2S/c1-20-13(5-3-2-4-6-13)9-16-12-11(17(18)19)7-10(14)8-15-12/h7-8H,2-6,9H2,1H3,(H,15,16). The normalized spacial score (nSPS) is 17.7. The molecule has 0 aromatic carbocycles. The van der Waals surface area contributed by atoms with Gasteiger partial charge >= 0.3 is 5.69 Å². The average Bonchev–Trinajstić information content (AvgIpc) is 2.47. The summed E-state index contributed by atoms with van der Waals surface area (Å²) in [6.07, 6.45) is 9.55. The number of thioether (sulfide) groups is 1. The SMILES string of the molecule is CSC1(CNc2ncc(Cl)cc2[N+](=O)[O-])CCCCC1. The van der Waals surface area contributed by atoms with E-state index in [0.717, 1.165) is 12.8 Å². The number of nitro groups is 1. The summed E-state index contributed by atoms with van der Waals surface area (Å²) in [5.74, 6) is 0.304. The smallest absolute Gasteiger partial charge is 0.312 e. The first-order chi connectivity index (χ1) is 9.56. The maximum atomic E-state index is 11.0. The van der Waals surface area contributed by atoms with Gasteiger partial charge in [-0.25, -0.2) is 4.98 Å². The van der Waals surface area contributed by atoms with Gasteiger partial charge in [-0.15, -0.1) is 0 Å². The van der Waals surface area contributed by atoms with Crippen LogP contribution in [0, 0.1) is 10.1 Å². The molecule has 110 valence electrons. The third kappa shape index (κ3) is 3.55. The van der Waals surface area contributed by atoms with Crippen LogP contribution in [0.2, 0.25) is 5.02 Å². The maximum Gasteiger partial charge on any atom is 0.312 e. The molecule has 1 N–H and O–H groups in total. The Bertz CT molecular complexity index is 493. The van der Waals surface area contributed by atoms with Gasteiger partial charge < -0.3 is 5.32 Å². The Morgan fingerprint density at radius 1 is 1.50 bits per heavy atom. The van der Waals surface area contributed by atoms with Crippen LogP contribution in [-0.2, 0) is 0 Å². The topological polar surface area (TPSA) is 68.1 Å². The lowest BCUT2D eigenvalue weighted by Gasteiger charge is -2.35. The van der Waals surface area contributed by atoms with E-state index < -0.39 is 4.92 Å². The summed E-state index contributed by atoms with van der Waals surface area (Å²) in [4.78, 5) is 14.6. The molecular formula is C13H18ClN3O2S. The first-order valence-corrected chi connectivity index (χ1v) is 8.25. The van der Waals surface area contributed by atoms with Gasteiger partial charge in [0.1, 0.15) is 0 Å². The van der Waals surface area contributed by atoms with Crippen LogP contribution in [0.25, 0.3) is 0 Å². The highest BCUT2D eigenvalue weighted by molar-refractivity contribution is 8.00. The van der Waals surface area contributed by atoms with Gasteiger partial charge in [-0.05, 0) is 19.1 Å². The number of nitrogens with zero attached hydrogens (tertiary/aromatic N) is 2. The van der Waals surface area contributed by atoms with Crippen molar-refractivity contribution in [3.05, 3.63) is 27.4 Å². The van der Waals surface area contributed by atoms with Gasteiger partial charge in [-0.1, -0.05) is 30.9 Å². The lowest BCUT2D eigenvalue weighted by atomic mass is 9.88. The monoisotopic (exact) mass is 315 g/mol. The second-order valence-electron chi connectivity index (χ2n) is 5.08. The molecule has 0 atom stereocenters. The molecule has 0 aliphatic heterocycles. The van der Waals surface area contributed by atoms with Crippen molar-refractivity contribution in [3.63, 3.8) is 0 Å². The number of halogens is 1. The fourth-order valence-electron chi connectivity index (χ4n) is 2.60. The van der Waals surface area contributed by atoms with Crippen LogP contribution in [0.3, 0.4) is 0 Å². The van der Waals surface area contributed by atoms with E-state index in [1.165, 1.54) is 31.5 Å². The minimum Gasteiger partial charge on any atom is -0.363 e. The lowest BCUT2D eigenvalue weighted by Crippen LogP contribution is -2.35. The summed E-state index contributed by atoms with van der Waals surface area (Å²) in [7, 11) is 0. The second kappa shape index (κ2) is 6.63. The average molecular weight is 316 g/mol. The molecule has 1 aromatic rings. The minimum absolute atomic E-state index is 0.0652. The molecule has 0 saturated heterocycles. The molecule has 0 spiro atoms. The summed E-state index contributed by atoms with van der Waals surface area (Å²) in [6.45, 7) is 0.698. The van der Waals surface area contributed by atoms with Crippen LogP contribution in [0.5, 0.6) is 0 Å². The van der Waals surface area contributed by atoms with Crippen molar-refractivity contribution in [2.45, 2.75) is 36.9 Å². The third-order valence-corrected chi connectivity index (χ3v) is 5.43. The van der Waals surface area contributed by atoms with Crippen LogP contribution in [0.15, 0.2) is 12.3 Å². The van der Waals surface area contributed by atoms with Crippen LogP contribution < -0.4 is 5.32 Å². The first-order valence-electron chi connectivity index (χ1n) is 6.65. The Labute approximate surface area is 127 Å². The Balaban J connectivity index is 2.11. The van der Waals surface area contributed by atoms with Crippen molar-refractivity contribution in [3.8, 4) is 0 Å². The molecule has 7 heteroatoms. The van der Waals surface area contributed by atoms with E-state index in [0.29, 0.717) is 12.4 Å². The molecule has 0 bridgehead atoms. The van der Waals surface area contributed by atoms with Gasteiger partial charge in [0.25, 0.3) is 0 Å². The highest BCUT2D eigenvalue weighted by Gasteiger charge is 2.31. The van der Waals surface area contributed by atoms with Crippen molar-refractivity contribution < 1.29 is 4.92 Å². The minimum atomic E-state index is -0.451. The van der Waals surface area contributed by atoms with Crippen molar-refractivity contribution in [1.82, 2.24) is 4.98 Å². The summed E-state index contributed by atoms with van der Waals surface area (Å²) >= 11 is 7.61. The van der Waals surface area contributed by atoms with Crippen LogP contribution >= 0.6 is 23.4 Å². The number of rotatable bonds is 5. The van der Waals surface area contributed by atoms with E-state index in [-0.39, 0.29) is 15.5 Å². The highest BCUT2D eigenvalue weighted by atomic mass is 35.5. The Morgan fingerprint density at radius 2 is 2.20 bits per heavy atom. The number of hydrogen-bond donors (Lipinski definition) is 1. The second-order valence-corrected chi connectivity index (χ2v) is 6.79. The molecule has 1 aliphatic rings. The molecule has 0 unspecified atom stereocenters. The molecule has 1 aliphatic carbocycles. The summed E-state index contributed by atoms with van der Waals surface area (Å²) in [6, 6.07) is 1.34. The quantitative estimate of drug-likeness (QED) is 0.654. The molecule has 1 saturated carbocycles. The third-order valence-electron chi connectivity index (χ3n) is 3.81. The number of pyridine rings is 1. The highest BCUT2D eigenvalue weighted by Crippen LogP contribution is 2.39. The molecular weight excluding hydrogens is 298 g/mol. The van der Waals surface area contributed by atoms with E-state index in [4.69, 9.17) is 11.6 Å². The zero-order valence-electron chi connectivity index (χ0n) is 11.4. The van der Waals surface area contributed by atoms with Crippen LogP contribution in [0.1, 0.15) is 32.1 Å². The molecule has 1 heterocycles. The van der Waals surface area contributed by atoms with Gasteiger partial charge in [-0.3, -0.25) is 10.1 Å². The molecule has 1 fully saturated rings. The zero-order valence-corrected chi connectivity index (χ0v) is 13.0. The van der Waals surface area contributed by atoms with E-state index in [2.05, 4.69) is 16.6 Å². The lowest BCUT2D eigenvalue weighted by molar-refractivity contribution is -0.384. The summed E-state index contributed by atoms with van der Waals surface area (Å²) < 4.78 is 0.160. The number of aromatic nitrogens is 1. The largest absolute Gasteiger partial charge is 0.363 e. The Morgan fingerprint density at radius 3 is 2.80 bits per heavy atom. The molecule has 2 rings (SSSR count). The Hall–Kier alpha value is -1.01. The van der Waals surface area contributed by atoms with Gasteiger partial charge in [0.05, 0.1) is 9.95 Å². The summed E-state index contributed by atoms with van der Waals surface area (Å²) in [5.41, 5.74) is -0.0652. The van der Waals surface area contributed by atoms with E-state index in [1.807, 2.05) is 11.8 Å². The van der Waals surface area contributed by atoms with Crippen molar-refractivity contribution in [2.75, 3.05) is 18.1 Å². The molecule has 0 radical (unpaired) electrons. The van der Waals surface area contributed by atoms with Gasteiger partial charge in [0, 0.05) is 23.6 Å². The molecule has 5 nitrogen and oxygen atoms in total. The van der Waals surface area contributed by atoms with Crippen molar-refractivity contribution in [2.24, 2.45) is 0 Å². The van der Waals surface area contributed by atoms with Crippen LogP contribution in [0.4, 0.5) is 11.5 Å². The zero-order chi connectivity index (χ0) is 14.6. The maximum absolute atomic E-state index is 11.0. The van der Waals surface area contributed by atoms with E-state index in [1.54, 1.807) is 0 Å². The van der Waals surface area contributed by atoms with Crippen molar-refractivity contribution >= 4 is 34.9 Å². The first kappa shape index (κ1) is 15.4. The molecule has 0 amide bonds. The predicted molar refractivity (Wildman–Crippen MR) is 83.7 cm³/mol. The number of anilines is 1. The van der Waals surface area contributed by atoms with Gasteiger partial charge in [-0.2, -0.15) is 11.8 Å². The summed E-state index contributed by atoms with van der Waals surface area (Å²) in [5, 5.41) is 14.5. The van der Waals surface area contributed by atoms with Gasteiger partial charge in [0.15, 0.2) is 0 Å². The van der Waals surface area contributed by atoms with Crippen molar-refractivity contribution in [1.29, 1.82) is 0 Å². The number of hydrogen-bond acceptors (Lipinski definition) is 5. The van der Waals surface area contributed by atoms with Crippen LogP contribution in [-0.4, -0.2) is 27.5 Å². The molecule has 1 aromatic heterocycles. The fraction of sp³-hybridized carbons (Fsp3) is 0.615. The van der Waals surface area contributed by atoms with E-state index >= 15 is 0 Å². The van der Waals surface area contributed by atoms with Gasteiger partial charge in [0.2, 0.25) is 5.82 Å². The Kier molecular flexibility index (Phi) is 5.10. The van der Waals surface area contributed by atoms with E-state index in [9.17, 15) is 10.1 Å². The fourth-order valence-corrected chi connectivity index (χ4v) is 3.66. The number of nitrogens with one attached hydrogen (secondary N) is 1. The predicted octanol–water partition coefficient (Wildman–Crippen LogP) is 4.12.